The van der Waals surface area contributed by atoms with Crippen molar-refractivity contribution >= 4 is 9.84 Å². The van der Waals surface area contributed by atoms with E-state index in [2.05, 4.69) is 19.2 Å². The highest BCUT2D eigenvalue weighted by molar-refractivity contribution is 7.92. The van der Waals surface area contributed by atoms with E-state index in [1.165, 1.54) is 0 Å². The van der Waals surface area contributed by atoms with Gasteiger partial charge in [0.05, 0.1) is 17.6 Å². The van der Waals surface area contributed by atoms with Gasteiger partial charge in [0.15, 0.2) is 9.84 Å². The maximum absolute atomic E-state index is 12.0. The van der Waals surface area contributed by atoms with Gasteiger partial charge in [0.25, 0.3) is 0 Å². The Labute approximate surface area is 110 Å². The van der Waals surface area contributed by atoms with E-state index >= 15 is 0 Å². The molecule has 2 rings (SSSR count). The molecule has 0 aliphatic carbocycles. The zero-order valence-electron chi connectivity index (χ0n) is 11.7. The molecule has 0 aromatic rings. The monoisotopic (exact) mass is 275 g/mol. The molecular formula is C13H25NO3S. The molecule has 0 saturated carbocycles. The molecule has 1 N–H and O–H groups in total. The third-order valence-electron chi connectivity index (χ3n) is 4.05. The maximum Gasteiger partial charge on any atom is 0.153 e. The first-order chi connectivity index (χ1) is 8.23. The molecule has 2 saturated heterocycles. The fourth-order valence-electron chi connectivity index (χ4n) is 2.70. The summed E-state index contributed by atoms with van der Waals surface area (Å²) in [5.41, 5.74) is -0.352. The highest BCUT2D eigenvalue weighted by atomic mass is 32.2. The van der Waals surface area contributed by atoms with Crippen molar-refractivity contribution in [3.8, 4) is 0 Å². The Hall–Kier alpha value is -0.130. The standard InChI is InChI=1S/C13H25NO3S/c1-12(2)9-14-13(3,17-10-12)8-11-6-4-5-7-18(11,15)16/h11,14H,4-10H2,1-3H3. The summed E-state index contributed by atoms with van der Waals surface area (Å²) in [6.07, 6.45) is 3.19. The predicted octanol–water partition coefficient (Wildman–Crippen LogP) is 1.71. The van der Waals surface area contributed by atoms with Crippen LogP contribution in [-0.4, -0.2) is 38.3 Å². The number of hydrogen-bond donors (Lipinski definition) is 1. The fourth-order valence-corrected chi connectivity index (χ4v) is 4.74. The van der Waals surface area contributed by atoms with Crippen LogP contribution in [-0.2, 0) is 14.6 Å². The van der Waals surface area contributed by atoms with E-state index in [0.29, 0.717) is 18.8 Å². The average Bonchev–Trinajstić information content (AvgIpc) is 2.27. The van der Waals surface area contributed by atoms with Crippen LogP contribution in [0, 0.1) is 5.41 Å². The van der Waals surface area contributed by atoms with E-state index in [0.717, 1.165) is 25.8 Å². The molecule has 0 spiro atoms. The summed E-state index contributed by atoms with van der Waals surface area (Å²) < 4.78 is 30.0. The number of ether oxygens (including phenoxy) is 1. The first kappa shape index (κ1) is 14.3. The van der Waals surface area contributed by atoms with Crippen LogP contribution in [0.5, 0.6) is 0 Å². The summed E-state index contributed by atoms with van der Waals surface area (Å²) in [4.78, 5) is 0. The number of sulfone groups is 1. The van der Waals surface area contributed by atoms with E-state index in [-0.39, 0.29) is 10.7 Å². The first-order valence-electron chi connectivity index (χ1n) is 6.83. The summed E-state index contributed by atoms with van der Waals surface area (Å²) in [5.74, 6) is 0.346. The van der Waals surface area contributed by atoms with Crippen molar-refractivity contribution in [2.45, 2.75) is 57.4 Å². The molecule has 106 valence electrons. The summed E-state index contributed by atoms with van der Waals surface area (Å²) in [5, 5.41) is 3.15. The van der Waals surface area contributed by atoms with E-state index in [4.69, 9.17) is 4.74 Å². The summed E-state index contributed by atoms with van der Waals surface area (Å²) in [6, 6.07) is 0. The summed E-state index contributed by atoms with van der Waals surface area (Å²) in [7, 11) is -2.91. The topological polar surface area (TPSA) is 55.4 Å². The van der Waals surface area contributed by atoms with Gasteiger partial charge in [-0.05, 0) is 19.8 Å². The van der Waals surface area contributed by atoms with Crippen molar-refractivity contribution in [3.05, 3.63) is 0 Å². The zero-order valence-corrected chi connectivity index (χ0v) is 12.5. The molecule has 0 amide bonds. The van der Waals surface area contributed by atoms with Crippen LogP contribution in [0.1, 0.15) is 46.5 Å². The first-order valence-corrected chi connectivity index (χ1v) is 8.55. The quantitative estimate of drug-likeness (QED) is 0.833. The minimum absolute atomic E-state index is 0.130. The van der Waals surface area contributed by atoms with E-state index in [9.17, 15) is 8.42 Å². The Bertz CT molecular complexity index is 392. The third-order valence-corrected chi connectivity index (χ3v) is 6.33. The van der Waals surface area contributed by atoms with Crippen LogP contribution in [0.4, 0.5) is 0 Å². The van der Waals surface area contributed by atoms with Gasteiger partial charge >= 0.3 is 0 Å². The zero-order chi connectivity index (χ0) is 13.4. The van der Waals surface area contributed by atoms with Gasteiger partial charge < -0.3 is 4.74 Å². The normalized spacial score (nSPS) is 39.4. The summed E-state index contributed by atoms with van der Waals surface area (Å²) >= 11 is 0. The Morgan fingerprint density at radius 1 is 1.28 bits per heavy atom. The van der Waals surface area contributed by atoms with Crippen LogP contribution in [0.15, 0.2) is 0 Å². The van der Waals surface area contributed by atoms with Crippen molar-refractivity contribution in [2.24, 2.45) is 5.41 Å². The van der Waals surface area contributed by atoms with Crippen molar-refractivity contribution < 1.29 is 13.2 Å². The Morgan fingerprint density at radius 3 is 2.56 bits per heavy atom. The Balaban J connectivity index is 2.00. The summed E-state index contributed by atoms with van der Waals surface area (Å²) in [6.45, 7) is 7.83. The maximum atomic E-state index is 12.0. The largest absolute Gasteiger partial charge is 0.360 e. The fraction of sp³-hybridized carbons (Fsp3) is 1.00. The smallest absolute Gasteiger partial charge is 0.153 e. The lowest BCUT2D eigenvalue weighted by molar-refractivity contribution is -0.130. The van der Waals surface area contributed by atoms with E-state index in [1.54, 1.807) is 0 Å². The van der Waals surface area contributed by atoms with Gasteiger partial charge in [-0.25, -0.2) is 8.42 Å². The minimum atomic E-state index is -2.91. The molecule has 2 heterocycles. The van der Waals surface area contributed by atoms with Crippen LogP contribution in [0.25, 0.3) is 0 Å². The van der Waals surface area contributed by atoms with Gasteiger partial charge in [-0.15, -0.1) is 0 Å². The lowest BCUT2D eigenvalue weighted by Gasteiger charge is -2.44. The molecule has 0 radical (unpaired) electrons. The van der Waals surface area contributed by atoms with Gasteiger partial charge in [-0.1, -0.05) is 20.3 Å². The van der Waals surface area contributed by atoms with Crippen molar-refractivity contribution in [2.75, 3.05) is 18.9 Å². The minimum Gasteiger partial charge on any atom is -0.360 e. The highest BCUT2D eigenvalue weighted by Gasteiger charge is 2.40. The van der Waals surface area contributed by atoms with Gasteiger partial charge in [-0.2, -0.15) is 0 Å². The van der Waals surface area contributed by atoms with Gasteiger partial charge in [0.1, 0.15) is 5.72 Å². The molecule has 18 heavy (non-hydrogen) atoms. The second-order valence-corrected chi connectivity index (χ2v) is 9.13. The van der Waals surface area contributed by atoms with Crippen LogP contribution >= 0.6 is 0 Å². The van der Waals surface area contributed by atoms with Crippen LogP contribution < -0.4 is 5.32 Å². The molecule has 5 heteroatoms. The number of hydrogen-bond acceptors (Lipinski definition) is 4. The third kappa shape index (κ3) is 3.25. The molecule has 2 aliphatic heterocycles. The molecule has 2 unspecified atom stereocenters. The molecule has 0 bridgehead atoms. The van der Waals surface area contributed by atoms with E-state index in [1.807, 2.05) is 6.92 Å². The van der Waals surface area contributed by atoms with Crippen molar-refractivity contribution in [1.29, 1.82) is 0 Å². The van der Waals surface area contributed by atoms with Crippen LogP contribution in [0.3, 0.4) is 0 Å². The van der Waals surface area contributed by atoms with Crippen molar-refractivity contribution in [1.82, 2.24) is 5.32 Å². The number of nitrogens with one attached hydrogen (secondary N) is 1. The molecule has 0 aromatic heterocycles. The SMILES string of the molecule is CC1(C)CNC(C)(CC2CCCCS2(=O)=O)OC1. The van der Waals surface area contributed by atoms with Gasteiger partial charge in [0, 0.05) is 18.4 Å². The Morgan fingerprint density at radius 2 is 2.00 bits per heavy atom. The molecule has 4 nitrogen and oxygen atoms in total. The molecule has 2 fully saturated rings. The number of rotatable bonds is 2. The molecule has 0 aromatic carbocycles. The second-order valence-electron chi connectivity index (χ2n) is 6.73. The molecular weight excluding hydrogens is 250 g/mol. The lowest BCUT2D eigenvalue weighted by Crippen LogP contribution is -2.57. The Kier molecular flexibility index (Phi) is 3.78. The van der Waals surface area contributed by atoms with Crippen LogP contribution in [0.2, 0.25) is 0 Å². The second kappa shape index (κ2) is 4.76. The average molecular weight is 275 g/mol. The van der Waals surface area contributed by atoms with Gasteiger partial charge in [0.2, 0.25) is 0 Å². The van der Waals surface area contributed by atoms with E-state index < -0.39 is 15.6 Å². The highest BCUT2D eigenvalue weighted by Crippen LogP contribution is 2.32. The predicted molar refractivity (Wildman–Crippen MR) is 72.2 cm³/mol. The van der Waals surface area contributed by atoms with Gasteiger partial charge in [-0.3, -0.25) is 5.32 Å². The van der Waals surface area contributed by atoms with Crippen molar-refractivity contribution in [3.63, 3.8) is 0 Å². The molecule has 2 aliphatic rings. The lowest BCUT2D eigenvalue weighted by atomic mass is 9.91. The molecule has 2 atom stereocenters.